The summed E-state index contributed by atoms with van der Waals surface area (Å²) in [6, 6.07) is 0. The Morgan fingerprint density at radius 2 is 2.00 bits per heavy atom. The lowest BCUT2D eigenvalue weighted by molar-refractivity contribution is 0.565. The van der Waals surface area contributed by atoms with Crippen LogP contribution in [0.4, 0.5) is 4.39 Å². The summed E-state index contributed by atoms with van der Waals surface area (Å²) in [6.07, 6.45) is 0. The molecule has 1 aromatic rings. The van der Waals surface area contributed by atoms with Crippen LogP contribution in [0.3, 0.4) is 0 Å². The van der Waals surface area contributed by atoms with E-state index in [2.05, 4.69) is 20.3 Å². The second-order valence-corrected chi connectivity index (χ2v) is 4.89. The van der Waals surface area contributed by atoms with E-state index in [1.54, 1.807) is 0 Å². The molecule has 4 heteroatoms. The van der Waals surface area contributed by atoms with Crippen LogP contribution in [0.15, 0.2) is 4.47 Å². The van der Waals surface area contributed by atoms with E-state index in [0.29, 0.717) is 4.47 Å². The minimum absolute atomic E-state index is 0.0837. The maximum Gasteiger partial charge on any atom is 0.210 e. The summed E-state index contributed by atoms with van der Waals surface area (Å²) < 4.78 is 17.3. The van der Waals surface area contributed by atoms with E-state index in [-0.39, 0.29) is 10.5 Å². The summed E-state index contributed by atoms with van der Waals surface area (Å²) in [5.41, 5.74) is 0.708. The van der Waals surface area contributed by atoms with E-state index in [4.69, 9.17) is 0 Å². The van der Waals surface area contributed by atoms with Crippen LogP contribution in [0.25, 0.3) is 0 Å². The second kappa shape index (κ2) is 2.83. The summed E-state index contributed by atoms with van der Waals surface area (Å²) in [7, 11) is 0. The van der Waals surface area contributed by atoms with E-state index < -0.39 is 0 Å². The molecule has 0 fully saturated rings. The van der Waals surface area contributed by atoms with E-state index >= 15 is 0 Å². The fourth-order valence-electron chi connectivity index (χ4n) is 0.725. The minimum Gasteiger partial charge on any atom is -0.193 e. The second-order valence-electron chi connectivity index (χ2n) is 3.37. The number of aromatic nitrogens is 1. The first kappa shape index (κ1) is 9.13. The van der Waals surface area contributed by atoms with Gasteiger partial charge in [0.25, 0.3) is 0 Å². The molecule has 0 amide bonds. The zero-order valence-corrected chi connectivity index (χ0v) is 9.01. The number of hydrogen-bond acceptors (Lipinski definition) is 2. The molecular formula is C7H9BrFNS. The van der Waals surface area contributed by atoms with E-state index in [1.165, 1.54) is 0 Å². The van der Waals surface area contributed by atoms with Crippen molar-refractivity contribution in [3.8, 4) is 0 Å². The summed E-state index contributed by atoms with van der Waals surface area (Å²) in [4.78, 5) is 0. The molecule has 0 saturated carbocycles. The largest absolute Gasteiger partial charge is 0.210 e. The Morgan fingerprint density at radius 1 is 1.45 bits per heavy atom. The summed E-state index contributed by atoms with van der Waals surface area (Å²) in [5, 5.41) is -0.241. The number of rotatable bonds is 0. The maximum atomic E-state index is 12.8. The molecule has 1 heterocycles. The van der Waals surface area contributed by atoms with Crippen molar-refractivity contribution in [1.82, 2.24) is 4.37 Å². The smallest absolute Gasteiger partial charge is 0.193 e. The highest BCUT2D eigenvalue weighted by molar-refractivity contribution is 9.10. The van der Waals surface area contributed by atoms with Crippen molar-refractivity contribution in [3.63, 3.8) is 0 Å². The Bertz CT molecular complexity index is 264. The standard InChI is InChI=1S/C7H9BrFNS/c1-7(2,3)5-4(8)6(9)11-10-5/h1-3H3. The fourth-order valence-corrected chi connectivity index (χ4v) is 2.46. The molecule has 0 radical (unpaired) electrons. The predicted octanol–water partition coefficient (Wildman–Crippen LogP) is 3.34. The van der Waals surface area contributed by atoms with Crippen LogP contribution in [0.2, 0.25) is 0 Å². The zero-order chi connectivity index (χ0) is 8.65. The molecule has 0 unspecified atom stereocenters. The monoisotopic (exact) mass is 237 g/mol. The molecule has 0 spiro atoms. The Kier molecular flexibility index (Phi) is 2.35. The summed E-state index contributed by atoms with van der Waals surface area (Å²) >= 11 is 4.05. The van der Waals surface area contributed by atoms with Crippen molar-refractivity contribution < 1.29 is 4.39 Å². The molecule has 62 valence electrons. The quantitative estimate of drug-likeness (QED) is 0.675. The lowest BCUT2D eigenvalue weighted by Gasteiger charge is -2.14. The third-order valence-corrected chi connectivity index (χ3v) is 2.93. The van der Waals surface area contributed by atoms with Crippen LogP contribution in [-0.2, 0) is 5.41 Å². The van der Waals surface area contributed by atoms with Crippen LogP contribution >= 0.6 is 27.5 Å². The van der Waals surface area contributed by atoms with Crippen LogP contribution in [0.5, 0.6) is 0 Å². The highest BCUT2D eigenvalue weighted by Gasteiger charge is 2.22. The highest BCUT2D eigenvalue weighted by atomic mass is 79.9. The van der Waals surface area contributed by atoms with E-state index in [1.807, 2.05) is 20.8 Å². The van der Waals surface area contributed by atoms with Gasteiger partial charge < -0.3 is 0 Å². The van der Waals surface area contributed by atoms with Gasteiger partial charge in [0.05, 0.1) is 10.2 Å². The summed E-state index contributed by atoms with van der Waals surface area (Å²) in [6.45, 7) is 6.02. The van der Waals surface area contributed by atoms with Gasteiger partial charge >= 0.3 is 0 Å². The molecule has 0 saturated heterocycles. The normalized spacial score (nSPS) is 12.1. The molecule has 0 atom stereocenters. The first-order valence-corrected chi connectivity index (χ1v) is 4.80. The molecule has 11 heavy (non-hydrogen) atoms. The summed E-state index contributed by atoms with van der Waals surface area (Å²) in [5.74, 6) is 0. The van der Waals surface area contributed by atoms with Gasteiger partial charge in [0.1, 0.15) is 0 Å². The maximum absolute atomic E-state index is 12.8. The zero-order valence-electron chi connectivity index (χ0n) is 6.61. The van der Waals surface area contributed by atoms with E-state index in [0.717, 1.165) is 17.2 Å². The Labute approximate surface area is 77.9 Å². The lowest BCUT2D eigenvalue weighted by Crippen LogP contribution is -2.11. The first-order valence-electron chi connectivity index (χ1n) is 3.24. The lowest BCUT2D eigenvalue weighted by atomic mass is 9.93. The van der Waals surface area contributed by atoms with Gasteiger partial charge in [-0.15, -0.1) is 0 Å². The number of nitrogens with zero attached hydrogens (tertiary/aromatic N) is 1. The molecule has 0 aliphatic carbocycles. The van der Waals surface area contributed by atoms with Crippen molar-refractivity contribution in [2.45, 2.75) is 26.2 Å². The Balaban J connectivity index is 3.15. The van der Waals surface area contributed by atoms with Crippen molar-refractivity contribution >= 4 is 27.5 Å². The van der Waals surface area contributed by atoms with Crippen LogP contribution in [-0.4, -0.2) is 4.37 Å². The van der Waals surface area contributed by atoms with Crippen molar-refractivity contribution in [3.05, 3.63) is 15.3 Å². The molecule has 1 nitrogen and oxygen atoms in total. The van der Waals surface area contributed by atoms with Gasteiger partial charge in [-0.05, 0) is 27.5 Å². The van der Waals surface area contributed by atoms with Crippen molar-refractivity contribution in [2.75, 3.05) is 0 Å². The van der Waals surface area contributed by atoms with Crippen molar-refractivity contribution in [1.29, 1.82) is 0 Å². The van der Waals surface area contributed by atoms with Crippen LogP contribution < -0.4 is 0 Å². The fraction of sp³-hybridized carbons (Fsp3) is 0.571. The van der Waals surface area contributed by atoms with Gasteiger partial charge in [-0.2, -0.15) is 8.76 Å². The third kappa shape index (κ3) is 1.79. The number of halogens is 2. The molecule has 0 aromatic carbocycles. The van der Waals surface area contributed by atoms with Gasteiger partial charge in [0.15, 0.2) is 0 Å². The Hall–Kier alpha value is 0.0400. The first-order chi connectivity index (χ1) is 4.93. The van der Waals surface area contributed by atoms with E-state index in [9.17, 15) is 4.39 Å². The third-order valence-electron chi connectivity index (χ3n) is 1.31. The predicted molar refractivity (Wildman–Crippen MR) is 48.5 cm³/mol. The van der Waals surface area contributed by atoms with Crippen molar-refractivity contribution in [2.24, 2.45) is 0 Å². The molecule has 1 rings (SSSR count). The molecule has 1 aromatic heterocycles. The highest BCUT2D eigenvalue weighted by Crippen LogP contribution is 2.32. The van der Waals surface area contributed by atoms with Gasteiger partial charge in [0.2, 0.25) is 5.13 Å². The minimum atomic E-state index is -0.241. The van der Waals surface area contributed by atoms with Gasteiger partial charge in [0, 0.05) is 5.41 Å². The number of hydrogen-bond donors (Lipinski definition) is 0. The topological polar surface area (TPSA) is 12.9 Å². The average molecular weight is 238 g/mol. The van der Waals surface area contributed by atoms with Crippen LogP contribution in [0, 0.1) is 5.13 Å². The molecular weight excluding hydrogens is 229 g/mol. The molecule has 0 bridgehead atoms. The van der Waals surface area contributed by atoms with Crippen LogP contribution in [0.1, 0.15) is 26.5 Å². The SMILES string of the molecule is CC(C)(C)c1nsc(F)c1Br. The molecule has 0 N–H and O–H groups in total. The van der Waals surface area contributed by atoms with Gasteiger partial charge in [-0.25, -0.2) is 0 Å². The Morgan fingerprint density at radius 3 is 2.18 bits per heavy atom. The van der Waals surface area contributed by atoms with Gasteiger partial charge in [-0.3, -0.25) is 0 Å². The average Bonchev–Trinajstić information content (AvgIpc) is 2.11. The van der Waals surface area contributed by atoms with Gasteiger partial charge in [-0.1, -0.05) is 20.8 Å². The molecule has 0 aliphatic heterocycles. The molecule has 0 aliphatic rings.